The first kappa shape index (κ1) is 18.4. The Morgan fingerprint density at radius 3 is 2.69 bits per heavy atom. The van der Waals surface area contributed by atoms with Gasteiger partial charge in [-0.3, -0.25) is 4.79 Å². The zero-order chi connectivity index (χ0) is 18.6. The number of nitrogens with one attached hydrogen (secondary N) is 1. The minimum Gasteiger partial charge on any atom is -0.472 e. The van der Waals surface area contributed by atoms with Crippen LogP contribution < -0.4 is 4.72 Å². The average Bonchev–Trinajstić information content (AvgIpc) is 3.26. The molecular weight excluding hydrogens is 374 g/mol. The SMILES string of the molecule is Cc1c(CC(NS(=O)(=O)c2ccccc2)OC=O)csc1-c1ccoc1. The van der Waals surface area contributed by atoms with Crippen molar-refractivity contribution in [3.8, 4) is 10.4 Å². The summed E-state index contributed by atoms with van der Waals surface area (Å²) in [6.45, 7) is 2.19. The molecule has 2 aromatic heterocycles. The van der Waals surface area contributed by atoms with Gasteiger partial charge in [0.15, 0.2) is 6.23 Å². The Bertz CT molecular complexity index is 962. The van der Waals surface area contributed by atoms with Crippen molar-refractivity contribution in [2.45, 2.75) is 24.5 Å². The Kier molecular flexibility index (Phi) is 5.55. The molecule has 0 aliphatic carbocycles. The van der Waals surface area contributed by atoms with Crippen LogP contribution in [0.4, 0.5) is 0 Å². The van der Waals surface area contributed by atoms with E-state index in [0.717, 1.165) is 21.6 Å². The van der Waals surface area contributed by atoms with Crippen molar-refractivity contribution >= 4 is 27.8 Å². The summed E-state index contributed by atoms with van der Waals surface area (Å²) in [7, 11) is -3.80. The van der Waals surface area contributed by atoms with E-state index in [1.54, 1.807) is 30.7 Å². The monoisotopic (exact) mass is 391 g/mol. The molecule has 0 radical (unpaired) electrons. The quantitative estimate of drug-likeness (QED) is 0.470. The summed E-state index contributed by atoms with van der Waals surface area (Å²) < 4.78 is 37.5. The molecular formula is C18H17NO5S2. The number of hydrogen-bond donors (Lipinski definition) is 1. The normalized spacial score (nSPS) is 12.7. The maximum absolute atomic E-state index is 12.5. The van der Waals surface area contributed by atoms with E-state index < -0.39 is 16.3 Å². The van der Waals surface area contributed by atoms with Crippen molar-refractivity contribution in [3.05, 3.63) is 65.4 Å². The van der Waals surface area contributed by atoms with E-state index in [1.165, 1.54) is 23.5 Å². The number of carbonyl (C=O) groups excluding carboxylic acids is 1. The zero-order valence-electron chi connectivity index (χ0n) is 13.9. The minimum absolute atomic E-state index is 0.112. The van der Waals surface area contributed by atoms with E-state index in [0.29, 0.717) is 0 Å². The van der Waals surface area contributed by atoms with Gasteiger partial charge in [0.2, 0.25) is 10.0 Å². The van der Waals surface area contributed by atoms with E-state index in [1.807, 2.05) is 18.4 Å². The maximum Gasteiger partial charge on any atom is 0.294 e. The number of rotatable bonds is 8. The fourth-order valence-electron chi connectivity index (χ4n) is 2.56. The first-order chi connectivity index (χ1) is 12.5. The van der Waals surface area contributed by atoms with E-state index >= 15 is 0 Å². The van der Waals surface area contributed by atoms with Crippen molar-refractivity contribution in [2.24, 2.45) is 0 Å². The number of hydrogen-bond acceptors (Lipinski definition) is 6. The van der Waals surface area contributed by atoms with E-state index in [2.05, 4.69) is 4.72 Å². The van der Waals surface area contributed by atoms with E-state index in [9.17, 15) is 13.2 Å². The second kappa shape index (κ2) is 7.86. The molecule has 8 heteroatoms. The first-order valence-electron chi connectivity index (χ1n) is 7.77. The molecule has 0 saturated heterocycles. The molecule has 0 aliphatic rings. The molecule has 1 N–H and O–H groups in total. The number of furan rings is 1. The third kappa shape index (κ3) is 4.04. The summed E-state index contributed by atoms with van der Waals surface area (Å²) >= 11 is 1.53. The zero-order valence-corrected chi connectivity index (χ0v) is 15.5. The van der Waals surface area contributed by atoms with Gasteiger partial charge >= 0.3 is 0 Å². The summed E-state index contributed by atoms with van der Waals surface area (Å²) in [5.74, 6) is 0. The lowest BCUT2D eigenvalue weighted by Crippen LogP contribution is -2.38. The van der Waals surface area contributed by atoms with Gasteiger partial charge in [0, 0.05) is 16.9 Å². The standard InChI is InChI=1S/C18H17NO5S2/c1-13-15(11-25-18(13)14-7-8-23-10-14)9-17(24-12-20)19-26(21,22)16-5-3-2-4-6-16/h2-8,10-12,17,19H,9H2,1H3. The van der Waals surface area contributed by atoms with Crippen molar-refractivity contribution < 1.29 is 22.4 Å². The first-order valence-corrected chi connectivity index (χ1v) is 10.1. The second-order valence-electron chi connectivity index (χ2n) is 5.59. The van der Waals surface area contributed by atoms with Crippen LogP contribution in [-0.4, -0.2) is 21.1 Å². The van der Waals surface area contributed by atoms with Gasteiger partial charge in [-0.2, -0.15) is 4.72 Å². The van der Waals surface area contributed by atoms with Crippen LogP contribution in [0.1, 0.15) is 11.1 Å². The highest BCUT2D eigenvalue weighted by molar-refractivity contribution is 7.89. The molecule has 0 saturated carbocycles. The van der Waals surface area contributed by atoms with Crippen molar-refractivity contribution in [2.75, 3.05) is 0 Å². The van der Waals surface area contributed by atoms with Gasteiger partial charge in [-0.15, -0.1) is 11.3 Å². The highest BCUT2D eigenvalue weighted by Crippen LogP contribution is 2.33. The predicted molar refractivity (Wildman–Crippen MR) is 98.2 cm³/mol. The molecule has 1 atom stereocenters. The molecule has 0 spiro atoms. The molecule has 6 nitrogen and oxygen atoms in total. The highest BCUT2D eigenvalue weighted by Gasteiger charge is 2.23. The summed E-state index contributed by atoms with van der Waals surface area (Å²) in [5, 5.41) is 1.93. The van der Waals surface area contributed by atoms with Crippen LogP contribution in [0, 0.1) is 6.92 Å². The van der Waals surface area contributed by atoms with Crippen LogP contribution in [0.3, 0.4) is 0 Å². The van der Waals surface area contributed by atoms with Crippen molar-refractivity contribution in [3.63, 3.8) is 0 Å². The lowest BCUT2D eigenvalue weighted by atomic mass is 10.1. The minimum atomic E-state index is -3.80. The summed E-state index contributed by atoms with van der Waals surface area (Å²) in [6, 6.07) is 9.81. The fourth-order valence-corrected chi connectivity index (χ4v) is 4.79. The average molecular weight is 391 g/mol. The van der Waals surface area contributed by atoms with Gasteiger partial charge in [-0.05, 0) is 41.6 Å². The largest absolute Gasteiger partial charge is 0.472 e. The lowest BCUT2D eigenvalue weighted by molar-refractivity contribution is -0.133. The topological polar surface area (TPSA) is 85.6 Å². The molecule has 3 rings (SSSR count). The third-order valence-electron chi connectivity index (χ3n) is 3.89. The number of thiophene rings is 1. The van der Waals surface area contributed by atoms with Gasteiger partial charge in [-0.1, -0.05) is 18.2 Å². The number of ether oxygens (including phenoxy) is 1. The van der Waals surface area contributed by atoms with Gasteiger partial charge in [0.1, 0.15) is 0 Å². The number of carbonyl (C=O) groups is 1. The molecule has 0 amide bonds. The lowest BCUT2D eigenvalue weighted by Gasteiger charge is -2.17. The smallest absolute Gasteiger partial charge is 0.294 e. The van der Waals surface area contributed by atoms with Crippen LogP contribution in [0.25, 0.3) is 10.4 Å². The Morgan fingerprint density at radius 1 is 1.27 bits per heavy atom. The Morgan fingerprint density at radius 2 is 2.04 bits per heavy atom. The van der Waals surface area contributed by atoms with Crippen LogP contribution >= 0.6 is 11.3 Å². The van der Waals surface area contributed by atoms with Crippen LogP contribution in [0.2, 0.25) is 0 Å². The molecule has 0 fully saturated rings. The van der Waals surface area contributed by atoms with E-state index in [4.69, 9.17) is 9.15 Å². The predicted octanol–water partition coefficient (Wildman–Crippen LogP) is 3.34. The highest BCUT2D eigenvalue weighted by atomic mass is 32.2. The van der Waals surface area contributed by atoms with Crippen molar-refractivity contribution in [1.82, 2.24) is 4.72 Å². The van der Waals surface area contributed by atoms with Crippen LogP contribution in [0.15, 0.2) is 63.6 Å². The molecule has 26 heavy (non-hydrogen) atoms. The van der Waals surface area contributed by atoms with Crippen LogP contribution in [-0.2, 0) is 26.0 Å². The van der Waals surface area contributed by atoms with Gasteiger partial charge in [0.25, 0.3) is 6.47 Å². The molecule has 0 aliphatic heterocycles. The van der Waals surface area contributed by atoms with Gasteiger partial charge < -0.3 is 9.15 Å². The Labute approximate surface area is 155 Å². The Balaban J connectivity index is 1.80. The molecule has 2 heterocycles. The second-order valence-corrected chi connectivity index (χ2v) is 8.18. The molecule has 0 bridgehead atoms. The maximum atomic E-state index is 12.5. The molecule has 1 unspecified atom stereocenters. The van der Waals surface area contributed by atoms with Crippen molar-refractivity contribution in [1.29, 1.82) is 0 Å². The molecule has 136 valence electrons. The van der Waals surface area contributed by atoms with E-state index in [-0.39, 0.29) is 17.8 Å². The fraction of sp³-hybridized carbons (Fsp3) is 0.167. The Hall–Kier alpha value is -2.42. The van der Waals surface area contributed by atoms with Gasteiger partial charge in [0.05, 0.1) is 17.4 Å². The summed E-state index contributed by atoms with van der Waals surface area (Å²) in [6.07, 6.45) is 2.48. The molecule has 3 aromatic rings. The van der Waals surface area contributed by atoms with Gasteiger partial charge in [-0.25, -0.2) is 8.42 Å². The third-order valence-corrected chi connectivity index (χ3v) is 6.54. The van der Waals surface area contributed by atoms with Crippen LogP contribution in [0.5, 0.6) is 0 Å². The summed E-state index contributed by atoms with van der Waals surface area (Å²) in [4.78, 5) is 12.0. The number of sulfonamides is 1. The number of benzene rings is 1. The molecule has 1 aromatic carbocycles. The summed E-state index contributed by atoms with van der Waals surface area (Å²) in [5.41, 5.74) is 2.85.